The maximum absolute atomic E-state index is 5.48. The highest BCUT2D eigenvalue weighted by atomic mass is 16.5. The molecule has 0 aliphatic carbocycles. The average molecular weight is 273 g/mol. The summed E-state index contributed by atoms with van der Waals surface area (Å²) in [6, 6.07) is 12.2. The maximum atomic E-state index is 5.48. The number of ether oxygens (including phenoxy) is 1. The van der Waals surface area contributed by atoms with Crippen LogP contribution in [0.15, 0.2) is 47.1 Å². The van der Waals surface area contributed by atoms with Gasteiger partial charge in [-0.2, -0.15) is 0 Å². The summed E-state index contributed by atoms with van der Waals surface area (Å²) in [5.74, 6) is 2.51. The quantitative estimate of drug-likeness (QED) is 0.801. The zero-order valence-corrected chi connectivity index (χ0v) is 12.3. The van der Waals surface area contributed by atoms with Crippen molar-refractivity contribution in [2.45, 2.75) is 19.8 Å². The second kappa shape index (κ2) is 7.75. The molecule has 3 heteroatoms. The number of hydrogen-bond donors (Lipinski definition) is 1. The van der Waals surface area contributed by atoms with E-state index in [-0.39, 0.29) is 0 Å². The van der Waals surface area contributed by atoms with Crippen LogP contribution in [0.1, 0.15) is 18.2 Å². The van der Waals surface area contributed by atoms with Crippen molar-refractivity contribution >= 4 is 0 Å². The van der Waals surface area contributed by atoms with Gasteiger partial charge in [-0.1, -0.05) is 25.1 Å². The first-order chi connectivity index (χ1) is 9.83. The fourth-order valence-electron chi connectivity index (χ4n) is 2.46. The lowest BCUT2D eigenvalue weighted by Crippen LogP contribution is -2.25. The van der Waals surface area contributed by atoms with Crippen LogP contribution in [0.4, 0.5) is 0 Å². The molecule has 3 nitrogen and oxygen atoms in total. The second-order valence-electron chi connectivity index (χ2n) is 4.97. The molecular formula is C17H23NO2. The van der Waals surface area contributed by atoms with Gasteiger partial charge < -0.3 is 14.5 Å². The molecule has 20 heavy (non-hydrogen) atoms. The lowest BCUT2D eigenvalue weighted by atomic mass is 9.94. The molecule has 0 aliphatic heterocycles. The van der Waals surface area contributed by atoms with Gasteiger partial charge in [0.1, 0.15) is 11.5 Å². The Morgan fingerprint density at radius 1 is 1.15 bits per heavy atom. The highest BCUT2D eigenvalue weighted by Gasteiger charge is 2.14. The van der Waals surface area contributed by atoms with Crippen LogP contribution in [0.5, 0.6) is 5.75 Å². The number of hydrogen-bond acceptors (Lipinski definition) is 3. The van der Waals surface area contributed by atoms with Crippen LogP contribution in [0, 0.1) is 5.92 Å². The van der Waals surface area contributed by atoms with Gasteiger partial charge in [-0.15, -0.1) is 0 Å². The fraction of sp³-hybridized carbons (Fsp3) is 0.412. The van der Waals surface area contributed by atoms with Crippen LogP contribution in [0.2, 0.25) is 0 Å². The Bertz CT molecular complexity index is 493. The summed E-state index contributed by atoms with van der Waals surface area (Å²) in [6.45, 7) is 4.10. The highest BCUT2D eigenvalue weighted by molar-refractivity contribution is 5.33. The van der Waals surface area contributed by atoms with Gasteiger partial charge in [0, 0.05) is 6.42 Å². The first-order valence-corrected chi connectivity index (χ1v) is 7.18. The third kappa shape index (κ3) is 4.14. The van der Waals surface area contributed by atoms with E-state index in [0.717, 1.165) is 37.4 Å². The van der Waals surface area contributed by atoms with E-state index in [0.29, 0.717) is 5.92 Å². The lowest BCUT2D eigenvalue weighted by molar-refractivity contribution is 0.391. The van der Waals surface area contributed by atoms with Crippen LogP contribution in [0.25, 0.3) is 0 Å². The molecule has 0 saturated heterocycles. The predicted molar refractivity (Wildman–Crippen MR) is 81.1 cm³/mol. The van der Waals surface area contributed by atoms with Crippen LogP contribution >= 0.6 is 0 Å². The van der Waals surface area contributed by atoms with Gasteiger partial charge >= 0.3 is 0 Å². The van der Waals surface area contributed by atoms with E-state index in [1.165, 1.54) is 5.56 Å². The molecule has 1 heterocycles. The van der Waals surface area contributed by atoms with Crippen molar-refractivity contribution in [2.75, 3.05) is 20.2 Å². The van der Waals surface area contributed by atoms with Crippen molar-refractivity contribution in [1.29, 1.82) is 0 Å². The van der Waals surface area contributed by atoms with Crippen LogP contribution in [-0.4, -0.2) is 20.2 Å². The molecule has 0 bridgehead atoms. The van der Waals surface area contributed by atoms with Crippen LogP contribution < -0.4 is 10.1 Å². The van der Waals surface area contributed by atoms with E-state index >= 15 is 0 Å². The zero-order chi connectivity index (χ0) is 14.2. The normalized spacial score (nSPS) is 12.3. The number of nitrogens with one attached hydrogen (secondary N) is 1. The summed E-state index contributed by atoms with van der Waals surface area (Å²) in [5.41, 5.74) is 1.25. The summed E-state index contributed by atoms with van der Waals surface area (Å²) in [4.78, 5) is 0. The van der Waals surface area contributed by atoms with Gasteiger partial charge in [0.05, 0.1) is 13.4 Å². The topological polar surface area (TPSA) is 34.4 Å². The van der Waals surface area contributed by atoms with E-state index in [1.54, 1.807) is 13.4 Å². The van der Waals surface area contributed by atoms with Gasteiger partial charge in [0.25, 0.3) is 0 Å². The van der Waals surface area contributed by atoms with Gasteiger partial charge in [-0.25, -0.2) is 0 Å². The van der Waals surface area contributed by atoms with Gasteiger partial charge in [0.15, 0.2) is 0 Å². The fourth-order valence-corrected chi connectivity index (χ4v) is 2.46. The second-order valence-corrected chi connectivity index (χ2v) is 4.97. The molecule has 0 fully saturated rings. The molecule has 1 unspecified atom stereocenters. The molecule has 2 aromatic rings. The van der Waals surface area contributed by atoms with Crippen molar-refractivity contribution in [3.05, 3.63) is 54.0 Å². The monoisotopic (exact) mass is 273 g/mol. The van der Waals surface area contributed by atoms with Gasteiger partial charge in [-0.05, 0) is 49.2 Å². The van der Waals surface area contributed by atoms with Gasteiger partial charge in [-0.3, -0.25) is 0 Å². The Labute approximate surface area is 121 Å². The molecule has 1 atom stereocenters. The number of furan rings is 1. The largest absolute Gasteiger partial charge is 0.496 e. The zero-order valence-electron chi connectivity index (χ0n) is 12.3. The smallest absolute Gasteiger partial charge is 0.122 e. The van der Waals surface area contributed by atoms with E-state index in [9.17, 15) is 0 Å². The Kier molecular flexibility index (Phi) is 5.69. The maximum Gasteiger partial charge on any atom is 0.122 e. The predicted octanol–water partition coefficient (Wildman–Crippen LogP) is 3.30. The molecule has 0 saturated carbocycles. The minimum absolute atomic E-state index is 0.498. The Hall–Kier alpha value is -1.74. The number of benzene rings is 1. The molecule has 108 valence electrons. The standard InChI is InChI=1S/C17H23NO2/c1-3-18-13-14(12-16-8-6-10-20-16)11-15-7-4-5-9-17(15)19-2/h4-10,14,18H,3,11-13H2,1-2H3. The average Bonchev–Trinajstić information content (AvgIpc) is 2.98. The summed E-state index contributed by atoms with van der Waals surface area (Å²) in [6.07, 6.45) is 3.67. The molecule has 2 rings (SSSR count). The Morgan fingerprint density at radius 3 is 2.70 bits per heavy atom. The third-order valence-corrected chi connectivity index (χ3v) is 3.45. The van der Waals surface area contributed by atoms with E-state index < -0.39 is 0 Å². The lowest BCUT2D eigenvalue weighted by Gasteiger charge is -2.18. The number of methoxy groups -OCH3 is 1. The van der Waals surface area contributed by atoms with Crippen molar-refractivity contribution in [3.63, 3.8) is 0 Å². The first-order valence-electron chi connectivity index (χ1n) is 7.18. The van der Waals surface area contributed by atoms with Crippen molar-refractivity contribution in [2.24, 2.45) is 5.92 Å². The first kappa shape index (κ1) is 14.7. The third-order valence-electron chi connectivity index (χ3n) is 3.45. The minimum atomic E-state index is 0.498. The van der Waals surface area contributed by atoms with Crippen molar-refractivity contribution < 1.29 is 9.15 Å². The molecule has 1 aromatic carbocycles. The molecular weight excluding hydrogens is 250 g/mol. The minimum Gasteiger partial charge on any atom is -0.496 e. The van der Waals surface area contributed by atoms with E-state index in [4.69, 9.17) is 9.15 Å². The molecule has 0 aliphatic rings. The van der Waals surface area contributed by atoms with Crippen LogP contribution in [0.3, 0.4) is 0 Å². The Morgan fingerprint density at radius 2 is 2.00 bits per heavy atom. The Balaban J connectivity index is 2.06. The molecule has 0 spiro atoms. The summed E-state index contributed by atoms with van der Waals surface area (Å²) in [7, 11) is 1.73. The van der Waals surface area contributed by atoms with Crippen molar-refractivity contribution in [3.8, 4) is 5.75 Å². The highest BCUT2D eigenvalue weighted by Crippen LogP contribution is 2.22. The molecule has 0 amide bonds. The van der Waals surface area contributed by atoms with Gasteiger partial charge in [0.2, 0.25) is 0 Å². The summed E-state index contributed by atoms with van der Waals surface area (Å²) >= 11 is 0. The van der Waals surface area contributed by atoms with Crippen molar-refractivity contribution in [1.82, 2.24) is 5.32 Å². The number of para-hydroxylation sites is 1. The molecule has 0 radical (unpaired) electrons. The van der Waals surface area contributed by atoms with E-state index in [2.05, 4.69) is 24.4 Å². The molecule has 1 aromatic heterocycles. The molecule has 1 N–H and O–H groups in total. The summed E-state index contributed by atoms with van der Waals surface area (Å²) in [5, 5.41) is 3.44. The van der Waals surface area contributed by atoms with Crippen LogP contribution in [-0.2, 0) is 12.8 Å². The number of rotatable bonds is 8. The van der Waals surface area contributed by atoms with E-state index in [1.807, 2.05) is 24.3 Å². The summed E-state index contributed by atoms with van der Waals surface area (Å²) < 4.78 is 10.9. The SMILES string of the molecule is CCNCC(Cc1ccco1)Cc1ccccc1OC.